The van der Waals surface area contributed by atoms with Gasteiger partial charge in [0.2, 0.25) is 0 Å². The van der Waals surface area contributed by atoms with Gasteiger partial charge in [-0.1, -0.05) is 0 Å². The molecule has 0 aliphatic carbocycles. The molecule has 0 atom stereocenters. The van der Waals surface area contributed by atoms with Gasteiger partial charge in [-0.05, 0) is 24.6 Å². The van der Waals surface area contributed by atoms with Crippen molar-refractivity contribution in [3.63, 3.8) is 0 Å². The Morgan fingerprint density at radius 1 is 1.31 bits per heavy atom. The van der Waals surface area contributed by atoms with Crippen LogP contribution in [0.1, 0.15) is 5.56 Å². The van der Waals surface area contributed by atoms with Gasteiger partial charge in [0.1, 0.15) is 0 Å². The molecule has 13 heavy (non-hydrogen) atoms. The minimum atomic E-state index is 0.0623. The maximum Gasteiger partial charge on any atom is 0.0808 e. The van der Waals surface area contributed by atoms with Crippen molar-refractivity contribution < 1.29 is 5.11 Å². The van der Waals surface area contributed by atoms with Gasteiger partial charge >= 0.3 is 0 Å². The lowest BCUT2D eigenvalue weighted by molar-refractivity contribution is 0.311. The molecule has 0 bridgehead atoms. The van der Waals surface area contributed by atoms with E-state index in [1.807, 2.05) is 19.1 Å². The monoisotopic (exact) mass is 181 g/mol. The molecule has 4 heteroatoms. The van der Waals surface area contributed by atoms with Gasteiger partial charge in [-0.3, -0.25) is 0 Å². The normalized spacial score (nSPS) is 10.0. The fourth-order valence-corrected chi connectivity index (χ4v) is 1.23. The van der Waals surface area contributed by atoms with E-state index >= 15 is 0 Å². The number of aliphatic hydroxyl groups excluding tert-OH is 1. The van der Waals surface area contributed by atoms with Crippen molar-refractivity contribution in [2.24, 2.45) is 0 Å². The van der Waals surface area contributed by atoms with Gasteiger partial charge in [-0.2, -0.15) is 0 Å². The van der Waals surface area contributed by atoms with Crippen LogP contribution in [0.4, 0.5) is 17.1 Å². The fraction of sp³-hybridized carbons (Fsp3) is 0.333. The summed E-state index contributed by atoms with van der Waals surface area (Å²) in [6, 6.07) is 3.69. The molecule has 72 valence electrons. The molecule has 4 nitrogen and oxygen atoms in total. The standard InChI is InChI=1S/C9H15N3O/c1-6-4-7(10)9(8(11)5-6)12-2-3-13/h4-5,12-13H,2-3,10-11H2,1H3. The molecule has 0 unspecified atom stereocenters. The van der Waals surface area contributed by atoms with Crippen molar-refractivity contribution in [3.8, 4) is 0 Å². The van der Waals surface area contributed by atoms with Gasteiger partial charge < -0.3 is 21.9 Å². The molecular formula is C9H15N3O. The summed E-state index contributed by atoms with van der Waals surface area (Å²) < 4.78 is 0. The zero-order valence-electron chi connectivity index (χ0n) is 7.67. The van der Waals surface area contributed by atoms with Gasteiger partial charge in [-0.25, -0.2) is 0 Å². The van der Waals surface area contributed by atoms with Crippen LogP contribution in [0, 0.1) is 6.92 Å². The molecule has 0 amide bonds. The van der Waals surface area contributed by atoms with Gasteiger partial charge in [0.15, 0.2) is 0 Å². The number of hydrogen-bond acceptors (Lipinski definition) is 4. The topological polar surface area (TPSA) is 84.3 Å². The van der Waals surface area contributed by atoms with Crippen molar-refractivity contribution in [3.05, 3.63) is 17.7 Å². The third-order valence-corrected chi connectivity index (χ3v) is 1.76. The zero-order valence-corrected chi connectivity index (χ0v) is 7.67. The van der Waals surface area contributed by atoms with Crippen LogP contribution in [0.25, 0.3) is 0 Å². The number of aryl methyl sites for hydroxylation is 1. The van der Waals surface area contributed by atoms with E-state index in [4.69, 9.17) is 16.6 Å². The summed E-state index contributed by atoms with van der Waals surface area (Å²) in [5, 5.41) is 11.6. The molecule has 1 rings (SSSR count). The molecule has 0 aromatic heterocycles. The van der Waals surface area contributed by atoms with Gasteiger partial charge in [-0.15, -0.1) is 0 Å². The summed E-state index contributed by atoms with van der Waals surface area (Å²) in [4.78, 5) is 0. The molecule has 0 radical (unpaired) electrons. The number of rotatable bonds is 3. The lowest BCUT2D eigenvalue weighted by atomic mass is 10.1. The van der Waals surface area contributed by atoms with E-state index in [1.165, 1.54) is 0 Å². The van der Waals surface area contributed by atoms with Crippen LogP contribution < -0.4 is 16.8 Å². The van der Waals surface area contributed by atoms with E-state index in [0.29, 0.717) is 23.6 Å². The molecule has 0 aliphatic heterocycles. The number of benzene rings is 1. The average molecular weight is 181 g/mol. The molecule has 0 heterocycles. The van der Waals surface area contributed by atoms with E-state index < -0.39 is 0 Å². The first-order valence-electron chi connectivity index (χ1n) is 4.15. The smallest absolute Gasteiger partial charge is 0.0808 e. The van der Waals surface area contributed by atoms with Crippen LogP contribution >= 0.6 is 0 Å². The van der Waals surface area contributed by atoms with Crippen LogP contribution in [0.3, 0.4) is 0 Å². The first-order valence-corrected chi connectivity index (χ1v) is 4.15. The second-order valence-electron chi connectivity index (χ2n) is 2.97. The maximum absolute atomic E-state index is 8.62. The molecule has 0 fully saturated rings. The van der Waals surface area contributed by atoms with Crippen LogP contribution in [0.15, 0.2) is 12.1 Å². The van der Waals surface area contributed by atoms with E-state index in [1.54, 1.807) is 0 Å². The third-order valence-electron chi connectivity index (χ3n) is 1.76. The minimum Gasteiger partial charge on any atom is -0.397 e. The van der Waals surface area contributed by atoms with E-state index in [9.17, 15) is 0 Å². The SMILES string of the molecule is Cc1cc(N)c(NCCO)c(N)c1. The number of nitrogen functional groups attached to an aromatic ring is 2. The highest BCUT2D eigenvalue weighted by molar-refractivity contribution is 5.80. The summed E-state index contributed by atoms with van der Waals surface area (Å²) in [7, 11) is 0. The van der Waals surface area contributed by atoms with Gasteiger partial charge in [0.05, 0.1) is 23.7 Å². The van der Waals surface area contributed by atoms with Crippen molar-refractivity contribution in [2.45, 2.75) is 6.92 Å². The second-order valence-corrected chi connectivity index (χ2v) is 2.97. The predicted molar refractivity (Wildman–Crippen MR) is 55.6 cm³/mol. The lowest BCUT2D eigenvalue weighted by Crippen LogP contribution is -2.09. The summed E-state index contributed by atoms with van der Waals surface area (Å²) in [6.07, 6.45) is 0. The van der Waals surface area contributed by atoms with E-state index in [-0.39, 0.29) is 6.61 Å². The molecule has 0 saturated carbocycles. The van der Waals surface area contributed by atoms with Crippen LogP contribution in [0.5, 0.6) is 0 Å². The molecule has 0 saturated heterocycles. The summed E-state index contributed by atoms with van der Waals surface area (Å²) in [5.41, 5.74) is 14.5. The lowest BCUT2D eigenvalue weighted by Gasteiger charge is -2.11. The number of nitrogens with one attached hydrogen (secondary N) is 1. The van der Waals surface area contributed by atoms with Crippen molar-refractivity contribution in [1.82, 2.24) is 0 Å². The quantitative estimate of drug-likeness (QED) is 0.513. The molecular weight excluding hydrogens is 166 g/mol. The zero-order chi connectivity index (χ0) is 9.84. The molecule has 6 N–H and O–H groups in total. The van der Waals surface area contributed by atoms with Crippen LogP contribution in [-0.2, 0) is 0 Å². The summed E-state index contributed by atoms with van der Waals surface area (Å²) >= 11 is 0. The molecule has 0 spiro atoms. The molecule has 1 aromatic carbocycles. The van der Waals surface area contributed by atoms with E-state index in [0.717, 1.165) is 5.56 Å². The summed E-state index contributed by atoms with van der Waals surface area (Å²) in [6.45, 7) is 2.45. The largest absolute Gasteiger partial charge is 0.397 e. The number of hydrogen-bond donors (Lipinski definition) is 4. The number of aliphatic hydroxyl groups is 1. The minimum absolute atomic E-state index is 0.0623. The Hall–Kier alpha value is -1.42. The summed E-state index contributed by atoms with van der Waals surface area (Å²) in [5.74, 6) is 0. The fourth-order valence-electron chi connectivity index (χ4n) is 1.23. The molecule has 1 aromatic rings. The first-order chi connectivity index (χ1) is 6.15. The van der Waals surface area contributed by atoms with Crippen molar-refractivity contribution in [2.75, 3.05) is 29.9 Å². The number of anilines is 3. The Bertz CT molecular complexity index is 276. The number of nitrogens with two attached hydrogens (primary N) is 2. The van der Waals surface area contributed by atoms with Crippen LogP contribution in [0.2, 0.25) is 0 Å². The van der Waals surface area contributed by atoms with Gasteiger partial charge in [0.25, 0.3) is 0 Å². The van der Waals surface area contributed by atoms with E-state index in [2.05, 4.69) is 5.32 Å². The average Bonchev–Trinajstić information content (AvgIpc) is 2.02. The highest BCUT2D eigenvalue weighted by Gasteiger charge is 2.03. The third kappa shape index (κ3) is 2.26. The molecule has 0 aliphatic rings. The van der Waals surface area contributed by atoms with Crippen molar-refractivity contribution in [1.29, 1.82) is 0 Å². The van der Waals surface area contributed by atoms with Gasteiger partial charge in [0, 0.05) is 6.54 Å². The van der Waals surface area contributed by atoms with Crippen molar-refractivity contribution >= 4 is 17.1 Å². The highest BCUT2D eigenvalue weighted by atomic mass is 16.3. The highest BCUT2D eigenvalue weighted by Crippen LogP contribution is 2.27. The Balaban J connectivity index is 2.92. The predicted octanol–water partition coefficient (Wildman–Crippen LogP) is 0.564. The Morgan fingerprint density at radius 3 is 2.31 bits per heavy atom. The second kappa shape index (κ2) is 4.00. The first kappa shape index (κ1) is 9.67. The maximum atomic E-state index is 8.62. The van der Waals surface area contributed by atoms with Crippen LogP contribution in [-0.4, -0.2) is 18.3 Å². The Labute approximate surface area is 77.6 Å². The Morgan fingerprint density at radius 2 is 1.85 bits per heavy atom. The Kier molecular flexibility index (Phi) is 2.97.